The molecule has 1 heterocycles. The minimum atomic E-state index is -0.250. The maximum atomic E-state index is 11.4. The van der Waals surface area contributed by atoms with Crippen LogP contribution in [0.25, 0.3) is 0 Å². The van der Waals surface area contributed by atoms with Gasteiger partial charge in [-0.1, -0.05) is 20.8 Å². The largest absolute Gasteiger partial charge is 0.368 e. The van der Waals surface area contributed by atoms with Crippen LogP contribution in [0.3, 0.4) is 0 Å². The van der Waals surface area contributed by atoms with Gasteiger partial charge in [0, 0.05) is 38.8 Å². The lowest BCUT2D eigenvalue weighted by Gasteiger charge is -2.36. The summed E-state index contributed by atoms with van der Waals surface area (Å²) in [6.45, 7) is 12.5. The monoisotopic (exact) mass is 256 g/mol. The van der Waals surface area contributed by atoms with Gasteiger partial charge in [-0.05, 0) is 13.0 Å². The smallest absolute Gasteiger partial charge is 0.235 e. The fraction of sp³-hybridized carbons (Fsp3) is 0.923. The van der Waals surface area contributed by atoms with E-state index in [1.54, 1.807) is 0 Å². The van der Waals surface area contributed by atoms with Gasteiger partial charge in [0.2, 0.25) is 5.91 Å². The lowest BCUT2D eigenvalue weighted by molar-refractivity contribution is -0.120. The lowest BCUT2D eigenvalue weighted by atomic mass is 10.2. The van der Waals surface area contributed by atoms with Crippen molar-refractivity contribution in [1.82, 2.24) is 15.1 Å². The highest BCUT2D eigenvalue weighted by atomic mass is 16.1. The molecule has 1 amide bonds. The van der Waals surface area contributed by atoms with Crippen molar-refractivity contribution in [2.45, 2.75) is 39.3 Å². The fourth-order valence-electron chi connectivity index (χ4n) is 2.40. The minimum absolute atomic E-state index is 0.234. The van der Waals surface area contributed by atoms with Crippen LogP contribution in [0.1, 0.15) is 27.2 Å². The molecule has 1 unspecified atom stereocenters. The first kappa shape index (κ1) is 15.4. The Balaban J connectivity index is 2.35. The number of nitrogens with one attached hydrogen (secondary N) is 1. The Hall–Kier alpha value is -0.650. The van der Waals surface area contributed by atoms with Crippen molar-refractivity contribution in [3.63, 3.8) is 0 Å². The molecular weight excluding hydrogens is 228 g/mol. The van der Waals surface area contributed by atoms with E-state index >= 15 is 0 Å². The zero-order valence-electron chi connectivity index (χ0n) is 12.0. The molecule has 1 aliphatic heterocycles. The van der Waals surface area contributed by atoms with E-state index in [4.69, 9.17) is 5.73 Å². The van der Waals surface area contributed by atoms with Gasteiger partial charge >= 0.3 is 0 Å². The highest BCUT2D eigenvalue weighted by molar-refractivity contribution is 5.80. The van der Waals surface area contributed by atoms with Crippen LogP contribution in [-0.2, 0) is 4.79 Å². The number of nitrogens with two attached hydrogens (primary N) is 1. The Bertz CT molecular complexity index is 249. The molecule has 106 valence electrons. The summed E-state index contributed by atoms with van der Waals surface area (Å²) in [6, 6.07) is 0.0478. The van der Waals surface area contributed by atoms with E-state index in [2.05, 4.69) is 22.0 Å². The number of hydrogen-bond donors (Lipinski definition) is 2. The quantitative estimate of drug-likeness (QED) is 0.666. The van der Waals surface area contributed by atoms with Crippen LogP contribution in [0.15, 0.2) is 0 Å². The third kappa shape index (κ3) is 5.33. The summed E-state index contributed by atoms with van der Waals surface area (Å²) in [5.41, 5.74) is 5.44. The van der Waals surface area contributed by atoms with Crippen molar-refractivity contribution in [1.29, 1.82) is 0 Å². The molecule has 0 aromatic heterocycles. The Kier molecular flexibility index (Phi) is 6.60. The van der Waals surface area contributed by atoms with Gasteiger partial charge < -0.3 is 16.0 Å². The van der Waals surface area contributed by atoms with Gasteiger partial charge in [-0.3, -0.25) is 9.69 Å². The highest BCUT2D eigenvalue weighted by Crippen LogP contribution is 2.03. The van der Waals surface area contributed by atoms with E-state index in [1.165, 1.54) is 13.0 Å². The SMILES string of the molecule is CCCN1CCN(CC(NC(C)C)C(N)=O)CC1. The first-order chi connectivity index (χ1) is 8.52. The van der Waals surface area contributed by atoms with Crippen molar-refractivity contribution in [3.8, 4) is 0 Å². The predicted octanol–water partition coefficient (Wildman–Crippen LogP) is -0.134. The zero-order valence-corrected chi connectivity index (χ0v) is 12.0. The van der Waals surface area contributed by atoms with Crippen molar-refractivity contribution in [3.05, 3.63) is 0 Å². The Morgan fingerprint density at radius 1 is 1.22 bits per heavy atom. The third-order valence-electron chi connectivity index (χ3n) is 3.32. The molecule has 0 radical (unpaired) electrons. The molecule has 0 aromatic carbocycles. The molecule has 3 N–H and O–H groups in total. The molecule has 0 aromatic rings. The number of piperazine rings is 1. The summed E-state index contributed by atoms with van der Waals surface area (Å²) in [6.07, 6.45) is 1.21. The molecule has 1 rings (SSSR count). The van der Waals surface area contributed by atoms with Crippen LogP contribution < -0.4 is 11.1 Å². The van der Waals surface area contributed by atoms with Crippen molar-refractivity contribution < 1.29 is 4.79 Å². The Labute approximate surface area is 111 Å². The van der Waals surface area contributed by atoms with E-state index in [-0.39, 0.29) is 18.0 Å². The molecule has 5 nitrogen and oxygen atoms in total. The minimum Gasteiger partial charge on any atom is -0.368 e. The molecule has 1 fully saturated rings. The second-order valence-electron chi connectivity index (χ2n) is 5.42. The molecule has 1 atom stereocenters. The standard InChI is InChI=1S/C13H28N4O/c1-4-5-16-6-8-17(9-7-16)10-12(13(14)18)15-11(2)3/h11-12,15H,4-10H2,1-3H3,(H2,14,18). The Morgan fingerprint density at radius 3 is 2.22 bits per heavy atom. The predicted molar refractivity (Wildman–Crippen MR) is 74.4 cm³/mol. The average molecular weight is 256 g/mol. The van der Waals surface area contributed by atoms with Gasteiger partial charge in [0.1, 0.15) is 0 Å². The highest BCUT2D eigenvalue weighted by Gasteiger charge is 2.22. The number of rotatable bonds is 7. The van der Waals surface area contributed by atoms with E-state index in [9.17, 15) is 4.79 Å². The van der Waals surface area contributed by atoms with Gasteiger partial charge in [-0.25, -0.2) is 0 Å². The number of hydrogen-bond acceptors (Lipinski definition) is 4. The summed E-state index contributed by atoms with van der Waals surface area (Å²) in [5, 5.41) is 3.23. The number of nitrogens with zero attached hydrogens (tertiary/aromatic N) is 2. The summed E-state index contributed by atoms with van der Waals surface area (Å²) >= 11 is 0. The zero-order chi connectivity index (χ0) is 13.5. The molecule has 0 spiro atoms. The Morgan fingerprint density at radius 2 is 1.78 bits per heavy atom. The lowest BCUT2D eigenvalue weighted by Crippen LogP contribution is -2.55. The van der Waals surface area contributed by atoms with Gasteiger partial charge in [0.05, 0.1) is 6.04 Å². The van der Waals surface area contributed by atoms with Gasteiger partial charge in [0.25, 0.3) is 0 Å². The summed E-state index contributed by atoms with van der Waals surface area (Å²) in [7, 11) is 0. The summed E-state index contributed by atoms with van der Waals surface area (Å²) in [4.78, 5) is 16.2. The third-order valence-corrected chi connectivity index (χ3v) is 3.32. The van der Waals surface area contributed by atoms with Crippen molar-refractivity contribution in [2.75, 3.05) is 39.3 Å². The molecule has 1 aliphatic rings. The normalized spacial score (nSPS) is 20.2. The van der Waals surface area contributed by atoms with Gasteiger partial charge in [-0.2, -0.15) is 0 Å². The molecule has 0 saturated carbocycles. The van der Waals surface area contributed by atoms with Crippen LogP contribution in [-0.4, -0.2) is 67.1 Å². The van der Waals surface area contributed by atoms with Crippen LogP contribution >= 0.6 is 0 Å². The van der Waals surface area contributed by atoms with Crippen LogP contribution in [0.4, 0.5) is 0 Å². The summed E-state index contributed by atoms with van der Waals surface area (Å²) < 4.78 is 0. The number of primary amides is 1. The second-order valence-corrected chi connectivity index (χ2v) is 5.42. The van der Waals surface area contributed by atoms with Crippen LogP contribution in [0, 0.1) is 0 Å². The molecule has 0 aliphatic carbocycles. The molecular formula is C13H28N4O. The maximum Gasteiger partial charge on any atom is 0.235 e. The topological polar surface area (TPSA) is 61.6 Å². The number of carbonyl (C=O) groups excluding carboxylic acids is 1. The first-order valence-corrected chi connectivity index (χ1v) is 7.03. The first-order valence-electron chi connectivity index (χ1n) is 7.03. The van der Waals surface area contributed by atoms with Gasteiger partial charge in [0.15, 0.2) is 0 Å². The van der Waals surface area contributed by atoms with E-state index < -0.39 is 0 Å². The maximum absolute atomic E-state index is 11.4. The van der Waals surface area contributed by atoms with E-state index in [0.717, 1.165) is 32.7 Å². The van der Waals surface area contributed by atoms with Crippen LogP contribution in [0.5, 0.6) is 0 Å². The summed E-state index contributed by atoms with van der Waals surface area (Å²) in [5.74, 6) is -0.250. The number of amides is 1. The molecule has 0 bridgehead atoms. The average Bonchev–Trinajstić information content (AvgIpc) is 2.30. The van der Waals surface area contributed by atoms with E-state index in [0.29, 0.717) is 0 Å². The van der Waals surface area contributed by atoms with Crippen LogP contribution in [0.2, 0.25) is 0 Å². The van der Waals surface area contributed by atoms with Crippen molar-refractivity contribution in [2.24, 2.45) is 5.73 Å². The van der Waals surface area contributed by atoms with Crippen molar-refractivity contribution >= 4 is 5.91 Å². The second kappa shape index (κ2) is 7.71. The van der Waals surface area contributed by atoms with Gasteiger partial charge in [-0.15, -0.1) is 0 Å². The number of carbonyl (C=O) groups is 1. The molecule has 5 heteroatoms. The molecule has 1 saturated heterocycles. The fourth-order valence-corrected chi connectivity index (χ4v) is 2.40. The molecule has 18 heavy (non-hydrogen) atoms. The van der Waals surface area contributed by atoms with E-state index in [1.807, 2.05) is 13.8 Å².